The normalized spacial score (nSPS) is 32.9. The van der Waals surface area contributed by atoms with E-state index in [1.807, 2.05) is 0 Å². The van der Waals surface area contributed by atoms with Crippen molar-refractivity contribution < 1.29 is 8.42 Å². The number of rotatable bonds is 5. The zero-order valence-electron chi connectivity index (χ0n) is 13.0. The molecule has 0 amide bonds. The fourth-order valence-electron chi connectivity index (χ4n) is 4.64. The summed E-state index contributed by atoms with van der Waals surface area (Å²) in [5, 5.41) is -0.276. The fourth-order valence-corrected chi connectivity index (χ4v) is 6.39. The van der Waals surface area contributed by atoms with Crippen LogP contribution in [0.15, 0.2) is 0 Å². The van der Waals surface area contributed by atoms with Crippen LogP contribution in [-0.4, -0.2) is 49.5 Å². The summed E-state index contributed by atoms with van der Waals surface area (Å²) < 4.78 is 24.5. The zero-order valence-corrected chi connectivity index (χ0v) is 13.8. The highest BCUT2D eigenvalue weighted by atomic mass is 32.2. The molecule has 0 saturated heterocycles. The smallest absolute Gasteiger partial charge is 0.152 e. The van der Waals surface area contributed by atoms with Gasteiger partial charge in [-0.25, -0.2) is 8.42 Å². The molecule has 2 rings (SSSR count). The Morgan fingerprint density at radius 2 is 1.80 bits per heavy atom. The molecule has 0 aliphatic heterocycles. The van der Waals surface area contributed by atoms with Crippen molar-refractivity contribution in [3.63, 3.8) is 0 Å². The Morgan fingerprint density at radius 3 is 2.30 bits per heavy atom. The molecule has 118 valence electrons. The van der Waals surface area contributed by atoms with Crippen LogP contribution in [0, 0.1) is 0 Å². The maximum Gasteiger partial charge on any atom is 0.152 e. The molecule has 2 unspecified atom stereocenters. The number of likely N-dealkylation sites (N-methyl/N-ethyl adjacent to an activating group) is 1. The number of nitrogens with two attached hydrogens (primary N) is 1. The van der Waals surface area contributed by atoms with Crippen molar-refractivity contribution in [1.82, 2.24) is 4.90 Å². The van der Waals surface area contributed by atoms with E-state index in [1.165, 1.54) is 38.4 Å². The number of hydrogen-bond acceptors (Lipinski definition) is 4. The first-order valence-electron chi connectivity index (χ1n) is 8.11. The van der Waals surface area contributed by atoms with Gasteiger partial charge in [0.25, 0.3) is 0 Å². The van der Waals surface area contributed by atoms with Gasteiger partial charge in [0.15, 0.2) is 9.84 Å². The maximum atomic E-state index is 12.2. The number of hydrogen-bond donors (Lipinski definition) is 1. The highest BCUT2D eigenvalue weighted by Crippen LogP contribution is 2.41. The van der Waals surface area contributed by atoms with Crippen LogP contribution in [0.1, 0.15) is 58.3 Å². The van der Waals surface area contributed by atoms with Crippen molar-refractivity contribution in [3.8, 4) is 0 Å². The van der Waals surface area contributed by atoms with Crippen LogP contribution in [0.5, 0.6) is 0 Å². The highest BCUT2D eigenvalue weighted by molar-refractivity contribution is 7.91. The summed E-state index contributed by atoms with van der Waals surface area (Å²) in [7, 11) is -3.04. The fraction of sp³-hybridized carbons (Fsp3) is 1.00. The number of nitrogens with zero attached hydrogens (tertiary/aromatic N) is 1. The summed E-state index contributed by atoms with van der Waals surface area (Å²) in [6, 6.07) is 0.527. The van der Waals surface area contributed by atoms with Gasteiger partial charge in [0, 0.05) is 18.8 Å². The monoisotopic (exact) mass is 302 g/mol. The van der Waals surface area contributed by atoms with Gasteiger partial charge in [0.05, 0.1) is 10.8 Å². The van der Waals surface area contributed by atoms with Gasteiger partial charge in [0.1, 0.15) is 0 Å². The van der Waals surface area contributed by atoms with Crippen LogP contribution in [0.3, 0.4) is 0 Å². The molecule has 2 atom stereocenters. The van der Waals surface area contributed by atoms with Gasteiger partial charge in [-0.3, -0.25) is 4.90 Å². The van der Waals surface area contributed by atoms with Gasteiger partial charge in [-0.2, -0.15) is 0 Å². The van der Waals surface area contributed by atoms with Crippen LogP contribution >= 0.6 is 0 Å². The van der Waals surface area contributed by atoms with Crippen molar-refractivity contribution in [2.45, 2.75) is 75.1 Å². The minimum Gasteiger partial charge on any atom is -0.329 e. The molecule has 0 radical (unpaired) electrons. The van der Waals surface area contributed by atoms with Gasteiger partial charge >= 0.3 is 0 Å². The largest absolute Gasteiger partial charge is 0.329 e. The van der Waals surface area contributed by atoms with Crippen molar-refractivity contribution in [3.05, 3.63) is 0 Å². The van der Waals surface area contributed by atoms with Crippen molar-refractivity contribution in [2.75, 3.05) is 19.3 Å². The van der Waals surface area contributed by atoms with Crippen LogP contribution in [-0.2, 0) is 9.84 Å². The van der Waals surface area contributed by atoms with Crippen LogP contribution < -0.4 is 5.73 Å². The number of sulfone groups is 1. The molecule has 0 heterocycles. The summed E-state index contributed by atoms with van der Waals surface area (Å²) in [6.07, 6.45) is 10.3. The van der Waals surface area contributed by atoms with Gasteiger partial charge in [-0.1, -0.05) is 32.6 Å². The molecule has 0 aromatic carbocycles. The third-order valence-corrected chi connectivity index (χ3v) is 7.18. The average molecular weight is 302 g/mol. The van der Waals surface area contributed by atoms with Gasteiger partial charge in [-0.15, -0.1) is 0 Å². The lowest BCUT2D eigenvalue weighted by molar-refractivity contribution is 0.0413. The molecule has 0 spiro atoms. The predicted octanol–water partition coefficient (Wildman–Crippen LogP) is 1.94. The quantitative estimate of drug-likeness (QED) is 0.843. The third-order valence-electron chi connectivity index (χ3n) is 5.47. The Hall–Kier alpha value is -0.130. The first kappa shape index (κ1) is 16.2. The molecule has 5 heteroatoms. The first-order valence-corrected chi connectivity index (χ1v) is 10.1. The second-order valence-corrected chi connectivity index (χ2v) is 8.82. The van der Waals surface area contributed by atoms with Crippen molar-refractivity contribution >= 4 is 9.84 Å². The second kappa shape index (κ2) is 6.32. The van der Waals surface area contributed by atoms with E-state index in [0.29, 0.717) is 12.6 Å². The van der Waals surface area contributed by atoms with E-state index in [0.717, 1.165) is 25.8 Å². The van der Waals surface area contributed by atoms with Crippen LogP contribution in [0.2, 0.25) is 0 Å². The van der Waals surface area contributed by atoms with Gasteiger partial charge < -0.3 is 5.73 Å². The van der Waals surface area contributed by atoms with Crippen LogP contribution in [0.25, 0.3) is 0 Å². The Kier molecular flexibility index (Phi) is 5.14. The minimum absolute atomic E-state index is 0.276. The van der Waals surface area contributed by atoms with Crippen molar-refractivity contribution in [1.29, 1.82) is 0 Å². The standard InChI is InChI=1S/C15H30N2O2S/c1-3-17(13-8-5-4-6-9-13)15(12-16)11-7-10-14(15)20(2,18)19/h13-14H,3-12,16H2,1-2H3. The van der Waals surface area contributed by atoms with E-state index in [9.17, 15) is 8.42 Å². The summed E-state index contributed by atoms with van der Waals surface area (Å²) in [4.78, 5) is 2.46. The molecular weight excluding hydrogens is 272 g/mol. The van der Waals surface area contributed by atoms with E-state index in [2.05, 4.69) is 11.8 Å². The lowest BCUT2D eigenvalue weighted by Gasteiger charge is -2.49. The van der Waals surface area contributed by atoms with Gasteiger partial charge in [-0.05, 0) is 32.2 Å². The lowest BCUT2D eigenvalue weighted by Crippen LogP contribution is -2.63. The van der Waals surface area contributed by atoms with E-state index in [-0.39, 0.29) is 10.8 Å². The van der Waals surface area contributed by atoms with Crippen molar-refractivity contribution in [2.24, 2.45) is 5.73 Å². The molecule has 2 aliphatic rings. The summed E-state index contributed by atoms with van der Waals surface area (Å²) in [5.41, 5.74) is 5.82. The van der Waals surface area contributed by atoms with E-state index in [1.54, 1.807) is 0 Å². The zero-order chi connectivity index (χ0) is 14.8. The highest BCUT2D eigenvalue weighted by Gasteiger charge is 2.52. The first-order chi connectivity index (χ1) is 9.45. The summed E-state index contributed by atoms with van der Waals surface area (Å²) >= 11 is 0. The van der Waals surface area contributed by atoms with E-state index < -0.39 is 9.84 Å². The van der Waals surface area contributed by atoms with Gasteiger partial charge in [0.2, 0.25) is 0 Å². The molecule has 4 nitrogen and oxygen atoms in total. The SMILES string of the molecule is CCN(C1CCCCC1)C1(CN)CCCC1S(C)(=O)=O. The Bertz CT molecular complexity index is 418. The average Bonchev–Trinajstić information content (AvgIpc) is 2.86. The maximum absolute atomic E-state index is 12.2. The van der Waals surface area contributed by atoms with Crippen LogP contribution in [0.4, 0.5) is 0 Å². The Balaban J connectivity index is 2.31. The molecule has 0 bridgehead atoms. The van der Waals surface area contributed by atoms with E-state index >= 15 is 0 Å². The van der Waals surface area contributed by atoms with E-state index in [4.69, 9.17) is 5.73 Å². The molecular formula is C15H30N2O2S. The molecule has 0 aromatic heterocycles. The molecule has 2 aliphatic carbocycles. The minimum atomic E-state index is -3.04. The lowest BCUT2D eigenvalue weighted by atomic mass is 9.87. The topological polar surface area (TPSA) is 63.4 Å². The summed E-state index contributed by atoms with van der Waals surface area (Å²) in [6.45, 7) is 3.53. The molecule has 2 fully saturated rings. The molecule has 2 saturated carbocycles. The third kappa shape index (κ3) is 2.90. The second-order valence-electron chi connectivity index (χ2n) is 6.60. The Labute approximate surface area is 124 Å². The predicted molar refractivity (Wildman–Crippen MR) is 83.5 cm³/mol. The molecule has 20 heavy (non-hydrogen) atoms. The Morgan fingerprint density at radius 1 is 1.15 bits per heavy atom. The summed E-state index contributed by atoms with van der Waals surface area (Å²) in [5.74, 6) is 0. The molecule has 2 N–H and O–H groups in total. The molecule has 0 aromatic rings.